The van der Waals surface area contributed by atoms with Crippen molar-refractivity contribution in [3.8, 4) is 34.4 Å². The standard InChI is InChI=1S/C53H34N10/c1-3-15-33(16-4-1)61(34-17-5-2-6-18-34)35-31-44(52-59-42-25-13-29-54-50(42)62(52)46-27-11-23-40-48(46)36-19-7-9-21-38(36)56-40)58-45(32-35)53-60-43-26-14-30-55-51(43)63(53)47-28-12-24-41-49(47)37-20-8-10-22-39(37)57-41/h1-32,56-57H. The molecule has 0 amide bonds. The van der Waals surface area contributed by atoms with Crippen molar-refractivity contribution in [2.75, 3.05) is 4.90 Å². The third-order valence-corrected chi connectivity index (χ3v) is 11.9. The summed E-state index contributed by atoms with van der Waals surface area (Å²) in [6.07, 6.45) is 3.64. The number of hydrogen-bond donors (Lipinski definition) is 2. The Morgan fingerprint density at radius 2 is 0.825 bits per heavy atom. The highest BCUT2D eigenvalue weighted by molar-refractivity contribution is 6.13. The minimum atomic E-state index is 0.644. The van der Waals surface area contributed by atoms with Gasteiger partial charge in [-0.15, -0.1) is 0 Å². The second-order valence-corrected chi connectivity index (χ2v) is 15.6. The monoisotopic (exact) mass is 810 g/mol. The number of H-pyrrole nitrogens is 2. The molecular formula is C53H34N10. The van der Waals surface area contributed by atoms with E-state index in [1.165, 1.54) is 0 Å². The number of nitrogens with one attached hydrogen (secondary N) is 2. The first-order valence-electron chi connectivity index (χ1n) is 20.8. The minimum absolute atomic E-state index is 0.644. The molecule has 0 bridgehead atoms. The largest absolute Gasteiger partial charge is 0.354 e. The first-order valence-corrected chi connectivity index (χ1v) is 20.8. The topological polar surface area (TPSA) is 109 Å². The van der Waals surface area contributed by atoms with E-state index in [0.29, 0.717) is 23.0 Å². The van der Waals surface area contributed by atoms with Gasteiger partial charge >= 0.3 is 0 Å². The molecule has 2 N–H and O–H groups in total. The number of para-hydroxylation sites is 4. The van der Waals surface area contributed by atoms with Gasteiger partial charge in [0.15, 0.2) is 22.9 Å². The number of nitrogens with zero attached hydrogens (tertiary/aromatic N) is 8. The number of anilines is 3. The molecule has 63 heavy (non-hydrogen) atoms. The molecule has 10 heteroatoms. The highest BCUT2D eigenvalue weighted by atomic mass is 15.2. The second-order valence-electron chi connectivity index (χ2n) is 15.6. The van der Waals surface area contributed by atoms with Crippen molar-refractivity contribution in [1.82, 2.24) is 44.0 Å². The number of pyridine rings is 3. The van der Waals surface area contributed by atoms with Gasteiger partial charge in [0.25, 0.3) is 0 Å². The summed E-state index contributed by atoms with van der Waals surface area (Å²) in [5.74, 6) is 1.29. The van der Waals surface area contributed by atoms with Crippen LogP contribution in [0.15, 0.2) is 194 Å². The number of benzene rings is 6. The van der Waals surface area contributed by atoms with E-state index in [2.05, 4.69) is 170 Å². The highest BCUT2D eigenvalue weighted by Gasteiger charge is 2.26. The van der Waals surface area contributed by atoms with Crippen LogP contribution >= 0.6 is 0 Å². The summed E-state index contributed by atoms with van der Waals surface area (Å²) in [7, 11) is 0. The first kappa shape index (κ1) is 34.9. The number of hydrogen-bond acceptors (Lipinski definition) is 6. The van der Waals surface area contributed by atoms with E-state index in [9.17, 15) is 0 Å². The van der Waals surface area contributed by atoms with Crippen LogP contribution in [0.1, 0.15) is 0 Å². The van der Waals surface area contributed by atoms with Gasteiger partial charge in [-0.05, 0) is 97.1 Å². The molecule has 0 aliphatic rings. The maximum Gasteiger partial charge on any atom is 0.165 e. The van der Waals surface area contributed by atoms with Crippen molar-refractivity contribution in [1.29, 1.82) is 0 Å². The maximum absolute atomic E-state index is 5.60. The molecule has 7 heterocycles. The molecule has 13 rings (SSSR count). The van der Waals surface area contributed by atoms with Crippen LogP contribution in [0, 0.1) is 0 Å². The number of aromatic nitrogens is 9. The lowest BCUT2D eigenvalue weighted by molar-refractivity contribution is 1.05. The fraction of sp³-hybridized carbons (Fsp3) is 0. The minimum Gasteiger partial charge on any atom is -0.354 e. The van der Waals surface area contributed by atoms with Gasteiger partial charge in [-0.2, -0.15) is 0 Å². The summed E-state index contributed by atoms with van der Waals surface area (Å²) >= 11 is 0. The summed E-state index contributed by atoms with van der Waals surface area (Å²) in [5, 5.41) is 4.37. The molecule has 6 aromatic carbocycles. The smallest absolute Gasteiger partial charge is 0.165 e. The van der Waals surface area contributed by atoms with Crippen molar-refractivity contribution < 1.29 is 0 Å². The van der Waals surface area contributed by atoms with E-state index in [1.54, 1.807) is 0 Å². The van der Waals surface area contributed by atoms with Gasteiger partial charge in [0.05, 0.1) is 17.1 Å². The molecule has 0 unspecified atom stereocenters. The molecular weight excluding hydrogens is 777 g/mol. The van der Waals surface area contributed by atoms with Crippen LogP contribution in [0.3, 0.4) is 0 Å². The van der Waals surface area contributed by atoms with E-state index >= 15 is 0 Å². The van der Waals surface area contributed by atoms with E-state index < -0.39 is 0 Å². The van der Waals surface area contributed by atoms with Crippen molar-refractivity contribution in [3.05, 3.63) is 194 Å². The molecule has 0 fully saturated rings. The summed E-state index contributed by atoms with van der Waals surface area (Å²) in [6.45, 7) is 0. The van der Waals surface area contributed by atoms with Crippen LogP contribution in [0.25, 0.3) is 100 Å². The third kappa shape index (κ3) is 5.48. The Balaban J connectivity index is 1.14. The molecule has 0 radical (unpaired) electrons. The SMILES string of the molecule is c1ccc(N(c2ccccc2)c2cc(-c3nc4cccnc4n3-c3cccc4[nH]c5ccccc5c34)nc(-c3nc4cccnc4n3-c3cccc4[nH]c5ccccc5c34)c2)cc1. The summed E-state index contributed by atoms with van der Waals surface area (Å²) in [5.41, 5.74) is 13.1. The summed E-state index contributed by atoms with van der Waals surface area (Å²) < 4.78 is 4.31. The lowest BCUT2D eigenvalue weighted by Crippen LogP contribution is -2.11. The number of aromatic amines is 2. The van der Waals surface area contributed by atoms with Crippen molar-refractivity contribution >= 4 is 83.0 Å². The molecule has 296 valence electrons. The van der Waals surface area contributed by atoms with Gasteiger partial charge in [-0.25, -0.2) is 24.9 Å². The van der Waals surface area contributed by atoms with Gasteiger partial charge in [-0.1, -0.05) is 84.9 Å². The fourth-order valence-corrected chi connectivity index (χ4v) is 9.24. The lowest BCUT2D eigenvalue weighted by Gasteiger charge is -2.26. The Morgan fingerprint density at radius 1 is 0.381 bits per heavy atom. The predicted molar refractivity (Wildman–Crippen MR) is 253 cm³/mol. The zero-order valence-corrected chi connectivity index (χ0v) is 33.6. The molecule has 0 atom stereocenters. The number of imidazole rings is 2. The van der Waals surface area contributed by atoms with Crippen LogP contribution < -0.4 is 4.90 Å². The van der Waals surface area contributed by atoms with E-state index in [4.69, 9.17) is 24.9 Å². The van der Waals surface area contributed by atoms with Gasteiger partial charge in [-0.3, -0.25) is 9.13 Å². The first-order chi connectivity index (χ1) is 31.2. The van der Waals surface area contributed by atoms with E-state index in [-0.39, 0.29) is 0 Å². The van der Waals surface area contributed by atoms with Crippen molar-refractivity contribution in [2.45, 2.75) is 0 Å². The summed E-state index contributed by atoms with van der Waals surface area (Å²) in [4.78, 5) is 35.8. The van der Waals surface area contributed by atoms with Gasteiger partial charge in [0.2, 0.25) is 0 Å². The van der Waals surface area contributed by atoms with Crippen LogP contribution in [-0.4, -0.2) is 44.0 Å². The van der Waals surface area contributed by atoms with Crippen LogP contribution in [0.5, 0.6) is 0 Å². The molecule has 0 aliphatic carbocycles. The lowest BCUT2D eigenvalue weighted by atomic mass is 10.1. The Hall–Kier alpha value is -8.89. The molecule has 10 nitrogen and oxygen atoms in total. The molecule has 0 saturated heterocycles. The van der Waals surface area contributed by atoms with Gasteiger partial charge in [0.1, 0.15) is 22.4 Å². The fourth-order valence-electron chi connectivity index (χ4n) is 9.24. The van der Waals surface area contributed by atoms with Crippen LogP contribution in [0.2, 0.25) is 0 Å². The zero-order chi connectivity index (χ0) is 41.4. The number of fused-ring (bicyclic) bond motifs is 8. The van der Waals surface area contributed by atoms with Crippen molar-refractivity contribution in [3.63, 3.8) is 0 Å². The Bertz CT molecular complexity index is 3630. The number of rotatable bonds is 7. The maximum atomic E-state index is 5.60. The Morgan fingerprint density at radius 3 is 1.32 bits per heavy atom. The molecule has 13 aromatic rings. The van der Waals surface area contributed by atoms with E-state index in [0.717, 1.165) is 94.4 Å². The average molecular weight is 811 g/mol. The Labute approximate surface area is 359 Å². The Kier molecular flexibility index (Phi) is 7.67. The summed E-state index contributed by atoms with van der Waals surface area (Å²) in [6, 6.07) is 62.4. The van der Waals surface area contributed by atoms with Gasteiger partial charge in [0, 0.05) is 67.4 Å². The van der Waals surface area contributed by atoms with Crippen LogP contribution in [0.4, 0.5) is 17.1 Å². The normalized spacial score (nSPS) is 11.8. The molecule has 0 saturated carbocycles. The quantitative estimate of drug-likeness (QED) is 0.166. The predicted octanol–water partition coefficient (Wildman–Crippen LogP) is 12.6. The third-order valence-electron chi connectivity index (χ3n) is 11.9. The zero-order valence-electron chi connectivity index (χ0n) is 33.6. The second kappa shape index (κ2) is 13.8. The average Bonchev–Trinajstić information content (AvgIpc) is 4.12. The highest BCUT2D eigenvalue weighted by Crippen LogP contribution is 2.42. The molecule has 0 spiro atoms. The molecule has 7 aromatic heterocycles. The van der Waals surface area contributed by atoms with Crippen molar-refractivity contribution in [2.24, 2.45) is 0 Å². The van der Waals surface area contributed by atoms with Gasteiger partial charge < -0.3 is 14.9 Å². The molecule has 0 aliphatic heterocycles. The van der Waals surface area contributed by atoms with E-state index in [1.807, 2.05) is 48.8 Å². The van der Waals surface area contributed by atoms with Crippen LogP contribution in [-0.2, 0) is 0 Å².